The van der Waals surface area contributed by atoms with Crippen molar-refractivity contribution in [3.63, 3.8) is 0 Å². The molecule has 1 unspecified atom stereocenters. The Morgan fingerprint density at radius 3 is 2.45 bits per heavy atom. The minimum absolute atomic E-state index is 0.183. The van der Waals surface area contributed by atoms with E-state index in [-0.39, 0.29) is 6.10 Å². The summed E-state index contributed by atoms with van der Waals surface area (Å²) < 4.78 is 22.0. The Balaban J connectivity index is 3.43. The van der Waals surface area contributed by atoms with E-state index in [1.807, 2.05) is 0 Å². The Hall–Kier alpha value is -0.840. The first kappa shape index (κ1) is 21.2. The van der Waals surface area contributed by atoms with Crippen LogP contribution in [-0.4, -0.2) is 45.7 Å². The molecule has 0 aliphatic carbocycles. The van der Waals surface area contributed by atoms with E-state index in [1.165, 1.54) is 6.26 Å². The number of unbranched alkanes of at least 4 members (excludes halogenated alkanes) is 1. The second-order valence-electron chi connectivity index (χ2n) is 5.06. The maximum atomic E-state index is 5.79. The molecule has 0 N–H and O–H groups in total. The summed E-state index contributed by atoms with van der Waals surface area (Å²) in [4.78, 5) is 0. The van der Waals surface area contributed by atoms with E-state index in [4.69, 9.17) is 18.9 Å². The molecule has 0 amide bonds. The average Bonchev–Trinajstić information content (AvgIpc) is 2.53. The van der Waals surface area contributed by atoms with Gasteiger partial charge in [0.05, 0.1) is 45.4 Å². The third-order valence-electron chi connectivity index (χ3n) is 3.04. The molecule has 4 heteroatoms. The quantitative estimate of drug-likeness (QED) is 0.230. The van der Waals surface area contributed by atoms with Gasteiger partial charge in [0.2, 0.25) is 0 Å². The molecule has 0 aromatic heterocycles. The van der Waals surface area contributed by atoms with Crippen molar-refractivity contribution in [3.05, 3.63) is 25.0 Å². The largest absolute Gasteiger partial charge is 0.502 e. The monoisotopic (exact) mass is 314 g/mol. The average molecular weight is 314 g/mol. The second-order valence-corrected chi connectivity index (χ2v) is 5.06. The molecule has 0 radical (unpaired) electrons. The highest BCUT2D eigenvalue weighted by atomic mass is 16.5. The van der Waals surface area contributed by atoms with E-state index < -0.39 is 0 Å². The lowest BCUT2D eigenvalue weighted by molar-refractivity contribution is -0.0268. The molecule has 0 bridgehead atoms. The van der Waals surface area contributed by atoms with Crippen LogP contribution in [0.5, 0.6) is 0 Å². The predicted octanol–water partition coefficient (Wildman–Crippen LogP) is 4.11. The SMILES string of the molecule is C=COCCCCOCCOCC(CCC)OC/C=C\CC. The maximum absolute atomic E-state index is 5.79. The van der Waals surface area contributed by atoms with Gasteiger partial charge in [0, 0.05) is 6.61 Å². The van der Waals surface area contributed by atoms with E-state index in [9.17, 15) is 0 Å². The molecular weight excluding hydrogens is 280 g/mol. The Morgan fingerprint density at radius 1 is 0.955 bits per heavy atom. The van der Waals surface area contributed by atoms with Crippen molar-refractivity contribution in [2.75, 3.05) is 39.6 Å². The molecule has 0 aromatic carbocycles. The summed E-state index contributed by atoms with van der Waals surface area (Å²) in [6.07, 6.45) is 11.0. The lowest BCUT2D eigenvalue weighted by Crippen LogP contribution is -2.21. The topological polar surface area (TPSA) is 36.9 Å². The van der Waals surface area contributed by atoms with Gasteiger partial charge in [0.25, 0.3) is 0 Å². The van der Waals surface area contributed by atoms with Crippen LogP contribution in [0.1, 0.15) is 46.0 Å². The number of allylic oxidation sites excluding steroid dienone is 1. The first-order valence-electron chi connectivity index (χ1n) is 8.49. The fourth-order valence-corrected chi connectivity index (χ4v) is 1.87. The zero-order chi connectivity index (χ0) is 16.3. The minimum Gasteiger partial charge on any atom is -0.502 e. The van der Waals surface area contributed by atoms with Gasteiger partial charge < -0.3 is 18.9 Å². The van der Waals surface area contributed by atoms with E-state index in [0.29, 0.717) is 33.0 Å². The lowest BCUT2D eigenvalue weighted by Gasteiger charge is -2.16. The van der Waals surface area contributed by atoms with Crippen LogP contribution < -0.4 is 0 Å². The molecular formula is C18H34O4. The second kappa shape index (κ2) is 18.2. The van der Waals surface area contributed by atoms with Gasteiger partial charge >= 0.3 is 0 Å². The standard InChI is InChI=1S/C18H34O4/c1-4-7-8-14-22-18(11-5-2)17-21-16-15-20-13-10-9-12-19-6-3/h6-8,18H,3-5,9-17H2,1-2H3/b8-7-. The predicted molar refractivity (Wildman–Crippen MR) is 91.1 cm³/mol. The molecule has 22 heavy (non-hydrogen) atoms. The Labute approximate surface area is 136 Å². The van der Waals surface area contributed by atoms with Crippen LogP contribution in [0.3, 0.4) is 0 Å². The van der Waals surface area contributed by atoms with Crippen molar-refractivity contribution in [2.24, 2.45) is 0 Å². The molecule has 0 fully saturated rings. The molecule has 0 heterocycles. The van der Waals surface area contributed by atoms with Crippen LogP contribution in [0.4, 0.5) is 0 Å². The van der Waals surface area contributed by atoms with Gasteiger partial charge in [-0.05, 0) is 25.7 Å². The molecule has 0 aliphatic heterocycles. The first-order valence-corrected chi connectivity index (χ1v) is 8.49. The highest BCUT2D eigenvalue weighted by Gasteiger charge is 2.07. The third kappa shape index (κ3) is 15.5. The zero-order valence-electron chi connectivity index (χ0n) is 14.4. The van der Waals surface area contributed by atoms with Crippen molar-refractivity contribution < 1.29 is 18.9 Å². The summed E-state index contributed by atoms with van der Waals surface area (Å²) in [7, 11) is 0. The smallest absolute Gasteiger partial charge is 0.0873 e. The lowest BCUT2D eigenvalue weighted by atomic mass is 10.2. The number of hydrogen-bond acceptors (Lipinski definition) is 4. The number of rotatable bonds is 17. The fraction of sp³-hybridized carbons (Fsp3) is 0.778. The molecule has 0 aromatic rings. The van der Waals surface area contributed by atoms with Crippen LogP contribution in [0.2, 0.25) is 0 Å². The Kier molecular flexibility index (Phi) is 17.5. The molecule has 130 valence electrons. The highest BCUT2D eigenvalue weighted by Crippen LogP contribution is 2.03. The fourth-order valence-electron chi connectivity index (χ4n) is 1.87. The molecule has 0 spiro atoms. The maximum Gasteiger partial charge on any atom is 0.0873 e. The van der Waals surface area contributed by atoms with Crippen molar-refractivity contribution in [3.8, 4) is 0 Å². The van der Waals surface area contributed by atoms with E-state index in [2.05, 4.69) is 32.6 Å². The summed E-state index contributed by atoms with van der Waals surface area (Å²) in [5, 5.41) is 0. The minimum atomic E-state index is 0.183. The van der Waals surface area contributed by atoms with Crippen LogP contribution >= 0.6 is 0 Å². The van der Waals surface area contributed by atoms with Gasteiger partial charge in [0.15, 0.2) is 0 Å². The van der Waals surface area contributed by atoms with Crippen LogP contribution in [0, 0.1) is 0 Å². The molecule has 1 atom stereocenters. The first-order chi connectivity index (χ1) is 10.8. The van der Waals surface area contributed by atoms with Gasteiger partial charge in [-0.25, -0.2) is 0 Å². The van der Waals surface area contributed by atoms with E-state index in [1.54, 1.807) is 0 Å². The van der Waals surface area contributed by atoms with Crippen LogP contribution in [0.25, 0.3) is 0 Å². The Morgan fingerprint density at radius 2 is 1.73 bits per heavy atom. The van der Waals surface area contributed by atoms with Crippen molar-refractivity contribution in [2.45, 2.75) is 52.1 Å². The molecule has 0 saturated carbocycles. The van der Waals surface area contributed by atoms with Crippen LogP contribution in [-0.2, 0) is 18.9 Å². The van der Waals surface area contributed by atoms with Crippen molar-refractivity contribution in [1.29, 1.82) is 0 Å². The van der Waals surface area contributed by atoms with E-state index in [0.717, 1.165) is 38.7 Å². The number of ether oxygens (including phenoxy) is 4. The van der Waals surface area contributed by atoms with Crippen LogP contribution in [0.15, 0.2) is 25.0 Å². The molecule has 0 rings (SSSR count). The normalized spacial score (nSPS) is 12.6. The third-order valence-corrected chi connectivity index (χ3v) is 3.04. The molecule has 0 saturated heterocycles. The molecule has 0 aliphatic rings. The summed E-state index contributed by atoms with van der Waals surface area (Å²) in [5.41, 5.74) is 0. The highest BCUT2D eigenvalue weighted by molar-refractivity contribution is 4.80. The Bertz CT molecular complexity index is 253. The summed E-state index contributed by atoms with van der Waals surface area (Å²) >= 11 is 0. The van der Waals surface area contributed by atoms with Gasteiger partial charge in [-0.3, -0.25) is 0 Å². The zero-order valence-corrected chi connectivity index (χ0v) is 14.4. The van der Waals surface area contributed by atoms with E-state index >= 15 is 0 Å². The van der Waals surface area contributed by atoms with Gasteiger partial charge in [-0.15, -0.1) is 0 Å². The molecule has 4 nitrogen and oxygen atoms in total. The van der Waals surface area contributed by atoms with Gasteiger partial charge in [-0.1, -0.05) is 39.0 Å². The number of hydrogen-bond donors (Lipinski definition) is 0. The van der Waals surface area contributed by atoms with Crippen molar-refractivity contribution in [1.82, 2.24) is 0 Å². The summed E-state index contributed by atoms with van der Waals surface area (Å²) in [5.74, 6) is 0. The summed E-state index contributed by atoms with van der Waals surface area (Å²) in [6.45, 7) is 11.8. The van der Waals surface area contributed by atoms with Gasteiger partial charge in [-0.2, -0.15) is 0 Å². The van der Waals surface area contributed by atoms with Gasteiger partial charge in [0.1, 0.15) is 0 Å². The summed E-state index contributed by atoms with van der Waals surface area (Å²) in [6, 6.07) is 0. The van der Waals surface area contributed by atoms with Crippen molar-refractivity contribution >= 4 is 0 Å².